The number of carbonyl (C=O) groups is 2. The summed E-state index contributed by atoms with van der Waals surface area (Å²) in [5, 5.41) is 23.1. The molecule has 3 rings (SSSR count). The minimum absolute atomic E-state index is 0.103. The first-order chi connectivity index (χ1) is 16.9. The molecule has 2 amide bonds. The van der Waals surface area contributed by atoms with E-state index in [1.54, 1.807) is 24.2 Å². The van der Waals surface area contributed by atoms with Crippen LogP contribution in [0.1, 0.15) is 12.0 Å². The van der Waals surface area contributed by atoms with Crippen LogP contribution in [0.4, 0.5) is 0 Å². The number of para-hydroxylation sites is 1. The van der Waals surface area contributed by atoms with Gasteiger partial charge in [-0.1, -0.05) is 42.5 Å². The number of hydrogen-bond donors (Lipinski definition) is 3. The third kappa shape index (κ3) is 7.50. The van der Waals surface area contributed by atoms with E-state index in [4.69, 9.17) is 14.6 Å². The SMILES string of the molecule is COCCN(C(=O)Cc1ccccc1)C1CC(C(=O)NCCO)=CC(Oc2ccccc2I)C1O. The third-order valence-corrected chi connectivity index (χ3v) is 6.66. The lowest BCUT2D eigenvalue weighted by molar-refractivity contribution is -0.138. The first-order valence-corrected chi connectivity index (χ1v) is 12.5. The summed E-state index contributed by atoms with van der Waals surface area (Å²) in [6, 6.07) is 16.1. The summed E-state index contributed by atoms with van der Waals surface area (Å²) in [4.78, 5) is 27.8. The fourth-order valence-corrected chi connectivity index (χ4v) is 4.52. The zero-order chi connectivity index (χ0) is 25.2. The van der Waals surface area contributed by atoms with Crippen molar-refractivity contribution in [1.82, 2.24) is 10.2 Å². The molecule has 2 aromatic rings. The van der Waals surface area contributed by atoms with Crippen LogP contribution in [0.2, 0.25) is 0 Å². The molecule has 0 bridgehead atoms. The van der Waals surface area contributed by atoms with Gasteiger partial charge in [0.05, 0.1) is 29.2 Å². The van der Waals surface area contributed by atoms with Gasteiger partial charge in [-0.3, -0.25) is 9.59 Å². The van der Waals surface area contributed by atoms with Gasteiger partial charge in [-0.05, 0) is 46.4 Å². The Morgan fingerprint density at radius 1 is 1.14 bits per heavy atom. The lowest BCUT2D eigenvalue weighted by Crippen LogP contribution is -2.56. The maximum atomic E-state index is 13.4. The summed E-state index contributed by atoms with van der Waals surface area (Å²) in [7, 11) is 1.55. The molecule has 0 saturated heterocycles. The third-order valence-electron chi connectivity index (χ3n) is 5.77. The maximum absolute atomic E-state index is 13.4. The summed E-state index contributed by atoms with van der Waals surface area (Å²) in [6.45, 7) is 0.446. The molecule has 3 atom stereocenters. The van der Waals surface area contributed by atoms with Crippen molar-refractivity contribution < 1.29 is 29.3 Å². The highest BCUT2D eigenvalue weighted by Gasteiger charge is 2.40. The van der Waals surface area contributed by atoms with Gasteiger partial charge < -0.3 is 29.9 Å². The first-order valence-electron chi connectivity index (χ1n) is 11.5. The van der Waals surface area contributed by atoms with Gasteiger partial charge in [0.2, 0.25) is 11.8 Å². The average Bonchev–Trinajstić information content (AvgIpc) is 2.86. The lowest BCUT2D eigenvalue weighted by Gasteiger charge is -2.40. The quantitative estimate of drug-likeness (QED) is 0.344. The number of nitrogens with one attached hydrogen (secondary N) is 1. The fraction of sp³-hybridized carbons (Fsp3) is 0.385. The predicted octanol–water partition coefficient (Wildman–Crippen LogP) is 1.92. The number of nitrogens with zero attached hydrogens (tertiary/aromatic N) is 1. The van der Waals surface area contributed by atoms with Crippen molar-refractivity contribution >= 4 is 34.4 Å². The molecule has 0 spiro atoms. The van der Waals surface area contributed by atoms with Crippen LogP contribution in [0.3, 0.4) is 0 Å². The fourth-order valence-electron chi connectivity index (χ4n) is 4.00. The second-order valence-electron chi connectivity index (χ2n) is 8.19. The Labute approximate surface area is 219 Å². The molecule has 1 aliphatic rings. The minimum Gasteiger partial charge on any atom is -0.482 e. The van der Waals surface area contributed by atoms with Crippen molar-refractivity contribution in [2.75, 3.05) is 33.4 Å². The van der Waals surface area contributed by atoms with Crippen molar-refractivity contribution in [3.05, 3.63) is 75.4 Å². The summed E-state index contributed by atoms with van der Waals surface area (Å²) in [5.74, 6) is 0.0279. The monoisotopic (exact) mass is 594 g/mol. The zero-order valence-corrected chi connectivity index (χ0v) is 21.8. The second kappa shape index (κ2) is 13.6. The van der Waals surface area contributed by atoms with Crippen molar-refractivity contribution in [1.29, 1.82) is 0 Å². The number of hydrogen-bond acceptors (Lipinski definition) is 6. The number of halogens is 1. The molecule has 0 radical (unpaired) electrons. The Morgan fingerprint density at radius 3 is 2.54 bits per heavy atom. The van der Waals surface area contributed by atoms with Crippen LogP contribution in [-0.2, 0) is 20.7 Å². The average molecular weight is 594 g/mol. The van der Waals surface area contributed by atoms with Gasteiger partial charge in [0.25, 0.3) is 0 Å². The van der Waals surface area contributed by atoms with Crippen LogP contribution >= 0.6 is 22.6 Å². The molecule has 35 heavy (non-hydrogen) atoms. The van der Waals surface area contributed by atoms with Crippen LogP contribution in [0.15, 0.2) is 66.2 Å². The van der Waals surface area contributed by atoms with E-state index in [1.165, 1.54) is 0 Å². The topological polar surface area (TPSA) is 108 Å². The van der Waals surface area contributed by atoms with Crippen molar-refractivity contribution in [2.24, 2.45) is 0 Å². The van der Waals surface area contributed by atoms with Gasteiger partial charge in [-0.2, -0.15) is 0 Å². The Morgan fingerprint density at radius 2 is 1.86 bits per heavy atom. The van der Waals surface area contributed by atoms with E-state index in [1.807, 2.05) is 48.5 Å². The van der Waals surface area contributed by atoms with E-state index < -0.39 is 18.2 Å². The number of methoxy groups -OCH3 is 1. The number of rotatable bonds is 11. The van der Waals surface area contributed by atoms with E-state index >= 15 is 0 Å². The van der Waals surface area contributed by atoms with E-state index in [2.05, 4.69) is 27.9 Å². The summed E-state index contributed by atoms with van der Waals surface area (Å²) in [5.41, 5.74) is 1.24. The second-order valence-corrected chi connectivity index (χ2v) is 9.35. The molecule has 188 valence electrons. The Balaban J connectivity index is 1.91. The smallest absolute Gasteiger partial charge is 0.247 e. The number of ether oxygens (including phenoxy) is 2. The Bertz CT molecular complexity index is 1020. The maximum Gasteiger partial charge on any atom is 0.247 e. The molecule has 0 saturated carbocycles. The van der Waals surface area contributed by atoms with Crippen LogP contribution in [-0.4, -0.2) is 78.6 Å². The molecule has 3 unspecified atom stereocenters. The van der Waals surface area contributed by atoms with Gasteiger partial charge in [-0.25, -0.2) is 0 Å². The standard InChI is InChI=1S/C26H31IN2O6/c1-34-14-12-29(24(31)15-18-7-3-2-4-8-18)21-16-19(26(33)28-11-13-30)17-23(25(21)32)35-22-10-6-5-9-20(22)27/h2-10,17,21,23,25,30,32H,11-16H2,1H3,(H,28,33). The molecule has 0 fully saturated rings. The molecular formula is C26H31IN2O6. The van der Waals surface area contributed by atoms with Crippen LogP contribution in [0.5, 0.6) is 5.75 Å². The normalized spacial score (nSPS) is 19.5. The van der Waals surface area contributed by atoms with E-state index in [0.717, 1.165) is 9.13 Å². The molecule has 0 aliphatic heterocycles. The molecule has 9 heteroatoms. The molecule has 0 aromatic heterocycles. The Hall–Kier alpha value is -2.47. The number of aliphatic hydroxyl groups is 2. The Kier molecular flexibility index (Phi) is 10.5. The van der Waals surface area contributed by atoms with E-state index in [0.29, 0.717) is 11.3 Å². The molecule has 8 nitrogen and oxygen atoms in total. The van der Waals surface area contributed by atoms with Gasteiger partial charge >= 0.3 is 0 Å². The van der Waals surface area contributed by atoms with Gasteiger partial charge in [0.1, 0.15) is 18.0 Å². The summed E-state index contributed by atoms with van der Waals surface area (Å²) >= 11 is 2.15. The number of benzene rings is 2. The molecule has 0 heterocycles. The van der Waals surface area contributed by atoms with Crippen LogP contribution in [0, 0.1) is 3.57 Å². The minimum atomic E-state index is -1.07. The highest BCUT2D eigenvalue weighted by atomic mass is 127. The van der Waals surface area contributed by atoms with Gasteiger partial charge in [0.15, 0.2) is 0 Å². The summed E-state index contributed by atoms with van der Waals surface area (Å²) in [6.07, 6.45) is -0.0150. The lowest BCUT2D eigenvalue weighted by atomic mass is 9.88. The highest BCUT2D eigenvalue weighted by molar-refractivity contribution is 14.1. The number of carbonyl (C=O) groups excluding carboxylic acids is 2. The highest BCUT2D eigenvalue weighted by Crippen LogP contribution is 2.30. The molecule has 1 aliphatic carbocycles. The van der Waals surface area contributed by atoms with E-state index in [-0.39, 0.29) is 51.0 Å². The van der Waals surface area contributed by atoms with Crippen LogP contribution in [0.25, 0.3) is 0 Å². The summed E-state index contributed by atoms with van der Waals surface area (Å²) < 4.78 is 12.2. The first kappa shape index (κ1) is 27.1. The van der Waals surface area contributed by atoms with Crippen molar-refractivity contribution in [2.45, 2.75) is 31.1 Å². The molecule has 2 aromatic carbocycles. The van der Waals surface area contributed by atoms with Crippen molar-refractivity contribution in [3.63, 3.8) is 0 Å². The predicted molar refractivity (Wildman–Crippen MR) is 140 cm³/mol. The zero-order valence-electron chi connectivity index (χ0n) is 19.6. The van der Waals surface area contributed by atoms with Crippen LogP contribution < -0.4 is 10.1 Å². The van der Waals surface area contributed by atoms with Crippen molar-refractivity contribution in [3.8, 4) is 5.75 Å². The van der Waals surface area contributed by atoms with Gasteiger partial charge in [-0.15, -0.1) is 0 Å². The largest absolute Gasteiger partial charge is 0.482 e. The number of amides is 2. The number of aliphatic hydroxyl groups excluding tert-OH is 2. The molecular weight excluding hydrogens is 563 g/mol. The molecule has 3 N–H and O–H groups in total. The van der Waals surface area contributed by atoms with Gasteiger partial charge in [0, 0.05) is 32.2 Å². The van der Waals surface area contributed by atoms with E-state index in [9.17, 15) is 14.7 Å².